The Kier molecular flexibility index (Phi) is 17.4. The van der Waals surface area contributed by atoms with Crippen molar-refractivity contribution in [1.82, 2.24) is 36.2 Å². The lowest BCUT2D eigenvalue weighted by Gasteiger charge is -2.36. The van der Waals surface area contributed by atoms with Crippen molar-refractivity contribution >= 4 is 23.9 Å². The Morgan fingerprint density at radius 3 is 1.93 bits per heavy atom. The Morgan fingerprint density at radius 2 is 1.37 bits per heavy atom. The van der Waals surface area contributed by atoms with Crippen molar-refractivity contribution in [3.8, 4) is 17.2 Å². The molecule has 6 amide bonds. The number of nitrogens with one attached hydrogen (secondary N) is 4. The Balaban J connectivity index is 1.93. The number of hydrazine groups is 1. The number of hydrogen-bond donors (Lipinski definition) is 5. The molecule has 0 aliphatic heterocycles. The number of carbonyl (C=O) groups excluding carboxylic acids is 4. The topological polar surface area (TPSA) is 174 Å². The fourth-order valence-corrected chi connectivity index (χ4v) is 5.71. The summed E-state index contributed by atoms with van der Waals surface area (Å²) in [5, 5.41) is 21.5. The van der Waals surface area contributed by atoms with Crippen LogP contribution in [0.25, 0.3) is 0 Å². The van der Waals surface area contributed by atoms with Gasteiger partial charge in [0, 0.05) is 53.2 Å². The normalized spacial score (nSPS) is 13.2. The molecular weight excluding hydrogens is 731 g/mol. The third kappa shape index (κ3) is 13.9. The maximum Gasteiger partial charge on any atom is 0.319 e. The molecule has 0 spiro atoms. The summed E-state index contributed by atoms with van der Waals surface area (Å²) in [6.07, 6.45) is 0.989. The Morgan fingerprint density at radius 1 is 0.754 bits per heavy atom. The number of urea groups is 2. The third-order valence-electron chi connectivity index (χ3n) is 9.34. The lowest BCUT2D eigenvalue weighted by atomic mass is 9.97. The van der Waals surface area contributed by atoms with E-state index in [1.54, 1.807) is 47.2 Å². The van der Waals surface area contributed by atoms with E-state index in [1.807, 2.05) is 86.6 Å². The average Bonchev–Trinajstić information content (AvgIpc) is 3.18. The first-order chi connectivity index (χ1) is 27.0. The zero-order valence-electron chi connectivity index (χ0n) is 34.9. The summed E-state index contributed by atoms with van der Waals surface area (Å²) in [6, 6.07) is 20.2. The van der Waals surface area contributed by atoms with Crippen LogP contribution in [-0.2, 0) is 29.2 Å². The molecule has 0 aliphatic rings. The van der Waals surface area contributed by atoms with E-state index in [2.05, 4.69) is 21.4 Å². The molecular formula is C42H61N7O8. The van der Waals surface area contributed by atoms with Gasteiger partial charge in [-0.05, 0) is 59.7 Å². The van der Waals surface area contributed by atoms with E-state index in [1.165, 1.54) is 23.9 Å². The molecule has 3 aromatic rings. The molecule has 0 aromatic heterocycles. The summed E-state index contributed by atoms with van der Waals surface area (Å²) in [5.74, 6) is -0.333. The van der Waals surface area contributed by atoms with E-state index in [-0.39, 0.29) is 25.6 Å². The lowest BCUT2D eigenvalue weighted by Crippen LogP contribution is -2.65. The number of nitrogens with zero attached hydrogens (tertiary/aromatic N) is 3. The van der Waals surface area contributed by atoms with E-state index >= 15 is 0 Å². The minimum atomic E-state index is -2.23. The fourth-order valence-electron chi connectivity index (χ4n) is 5.71. The molecule has 57 heavy (non-hydrogen) atoms. The second-order valence-corrected chi connectivity index (χ2v) is 15.0. The number of aliphatic hydroxyl groups is 1. The molecule has 15 heteroatoms. The summed E-state index contributed by atoms with van der Waals surface area (Å²) in [7, 11) is 9.37. The largest absolute Gasteiger partial charge is 0.493 e. The first kappa shape index (κ1) is 45.8. The molecule has 0 heterocycles. The van der Waals surface area contributed by atoms with Crippen molar-refractivity contribution in [3.63, 3.8) is 0 Å². The number of carbonyl (C=O) groups is 4. The number of rotatable bonds is 20. The molecule has 0 saturated heterocycles. The van der Waals surface area contributed by atoms with Crippen LogP contribution in [0.15, 0.2) is 72.8 Å². The molecule has 312 valence electrons. The molecule has 0 radical (unpaired) electrons. The molecule has 15 nitrogen and oxygen atoms in total. The molecule has 0 fully saturated rings. The second kappa shape index (κ2) is 21.7. The van der Waals surface area contributed by atoms with Gasteiger partial charge in [0.1, 0.15) is 18.4 Å². The van der Waals surface area contributed by atoms with Gasteiger partial charge in [-0.2, -0.15) is 0 Å². The number of amides is 6. The second-order valence-electron chi connectivity index (χ2n) is 15.0. The van der Waals surface area contributed by atoms with Gasteiger partial charge in [-0.1, -0.05) is 76.2 Å². The number of hydrogen-bond acceptors (Lipinski definition) is 9. The smallest absolute Gasteiger partial charge is 0.319 e. The molecule has 3 atom stereocenters. The predicted molar refractivity (Wildman–Crippen MR) is 218 cm³/mol. The Bertz CT molecular complexity index is 1750. The summed E-state index contributed by atoms with van der Waals surface area (Å²) < 4.78 is 16.8. The maximum absolute atomic E-state index is 13.9. The van der Waals surface area contributed by atoms with Gasteiger partial charge in [-0.25, -0.2) is 14.6 Å². The molecule has 0 unspecified atom stereocenters. The molecule has 0 aliphatic carbocycles. The fraction of sp³-hybridized carbons (Fsp3) is 0.476. The van der Waals surface area contributed by atoms with E-state index in [9.17, 15) is 24.3 Å². The zero-order valence-corrected chi connectivity index (χ0v) is 34.9. The monoisotopic (exact) mass is 791 g/mol. The minimum Gasteiger partial charge on any atom is -0.493 e. The van der Waals surface area contributed by atoms with Crippen LogP contribution in [0.2, 0.25) is 0 Å². The van der Waals surface area contributed by atoms with Crippen molar-refractivity contribution in [2.24, 2.45) is 11.8 Å². The van der Waals surface area contributed by atoms with Crippen molar-refractivity contribution in [2.75, 3.05) is 49.0 Å². The van der Waals surface area contributed by atoms with Crippen LogP contribution < -0.4 is 35.6 Å². The first-order valence-electron chi connectivity index (χ1n) is 19.0. The van der Waals surface area contributed by atoms with Crippen molar-refractivity contribution < 1.29 is 38.5 Å². The highest BCUT2D eigenvalue weighted by Crippen LogP contribution is 2.28. The summed E-state index contributed by atoms with van der Waals surface area (Å²) in [6.45, 7) is 7.54. The highest BCUT2D eigenvalue weighted by atomic mass is 16.5. The van der Waals surface area contributed by atoms with E-state index in [0.29, 0.717) is 30.1 Å². The number of ether oxygens (including phenoxy) is 3. The lowest BCUT2D eigenvalue weighted by molar-refractivity contribution is -0.148. The summed E-state index contributed by atoms with van der Waals surface area (Å²) in [4.78, 5) is 55.7. The summed E-state index contributed by atoms with van der Waals surface area (Å²) >= 11 is 0. The number of methoxy groups -OCH3 is 2. The van der Waals surface area contributed by atoms with Crippen molar-refractivity contribution in [1.29, 1.82) is 0 Å². The van der Waals surface area contributed by atoms with Crippen LogP contribution in [0.4, 0.5) is 9.59 Å². The van der Waals surface area contributed by atoms with Crippen molar-refractivity contribution in [2.45, 2.75) is 71.5 Å². The quantitative estimate of drug-likeness (QED) is 0.0833. The molecule has 0 bridgehead atoms. The van der Waals surface area contributed by atoms with Crippen LogP contribution in [-0.4, -0.2) is 111 Å². The zero-order chi connectivity index (χ0) is 42.3. The van der Waals surface area contributed by atoms with Gasteiger partial charge < -0.3 is 45.1 Å². The average molecular weight is 792 g/mol. The van der Waals surface area contributed by atoms with Crippen molar-refractivity contribution in [3.05, 3.63) is 89.5 Å². The van der Waals surface area contributed by atoms with Gasteiger partial charge >= 0.3 is 12.1 Å². The minimum absolute atomic E-state index is 0.101. The van der Waals surface area contributed by atoms with Gasteiger partial charge in [-0.3, -0.25) is 15.0 Å². The Labute approximate surface area is 337 Å². The first-order valence-corrected chi connectivity index (χ1v) is 19.0. The highest BCUT2D eigenvalue weighted by Gasteiger charge is 2.42. The third-order valence-corrected chi connectivity index (χ3v) is 9.34. The number of benzene rings is 3. The SMILES string of the molecule is COc1ccc(COc2ccc(CN(C[C@H](CCc3ccccc3)NC(=O)[C@@](O)(NC(=O)N(C)C)C(C)C)NC(=O)[C@@H](NC(=O)N(C)C)C(C)C)cc2)cc1OC. The van der Waals surface area contributed by atoms with Gasteiger partial charge in [0.2, 0.25) is 5.72 Å². The highest BCUT2D eigenvalue weighted by molar-refractivity contribution is 5.90. The standard InChI is InChI=1S/C42H61N7O8/c1-28(2)37(44-40(52)47(5)6)38(50)46-49(25-31-17-21-34(22-18-31)57-27-32-19-23-35(55-9)36(24-32)56-10)26-33(20-16-30-14-12-11-13-15-30)43-39(51)42(54,29(3)4)45-41(53)48(7)8/h11-15,17-19,21-24,28-29,33,37,54H,16,20,25-27H2,1-10H3,(H,43,51)(H,44,52)(H,45,53)(H,46,50)/t33-,37-,42+/m0/s1. The van der Waals surface area contributed by atoms with Crippen LogP contribution in [0.1, 0.15) is 50.8 Å². The Hall–Kier alpha value is -5.54. The predicted octanol–water partition coefficient (Wildman–Crippen LogP) is 4.15. The van der Waals surface area contributed by atoms with Gasteiger partial charge in [0.25, 0.3) is 11.8 Å². The van der Waals surface area contributed by atoms with Gasteiger partial charge in [0.15, 0.2) is 11.5 Å². The molecule has 5 N–H and O–H groups in total. The van der Waals surface area contributed by atoms with E-state index in [0.717, 1.165) is 16.7 Å². The van der Waals surface area contributed by atoms with Crippen LogP contribution in [0.5, 0.6) is 17.2 Å². The molecule has 0 saturated carbocycles. The van der Waals surface area contributed by atoms with Crippen LogP contribution in [0.3, 0.4) is 0 Å². The van der Waals surface area contributed by atoms with Crippen LogP contribution in [0, 0.1) is 11.8 Å². The van der Waals surface area contributed by atoms with Crippen LogP contribution >= 0.6 is 0 Å². The van der Waals surface area contributed by atoms with E-state index in [4.69, 9.17) is 14.2 Å². The number of aryl methyl sites for hydroxylation is 1. The summed E-state index contributed by atoms with van der Waals surface area (Å²) in [5.41, 5.74) is 3.51. The maximum atomic E-state index is 13.9. The van der Waals surface area contributed by atoms with Gasteiger partial charge in [-0.15, -0.1) is 0 Å². The molecule has 3 rings (SSSR count). The molecule has 3 aromatic carbocycles. The van der Waals surface area contributed by atoms with E-state index < -0.39 is 47.6 Å². The van der Waals surface area contributed by atoms with Gasteiger partial charge in [0.05, 0.1) is 14.2 Å².